The fourth-order valence-electron chi connectivity index (χ4n) is 2.75. The molecule has 0 spiro atoms. The molecule has 0 saturated carbocycles. The Morgan fingerprint density at radius 3 is 2.71 bits per heavy atom. The van der Waals surface area contributed by atoms with Crippen molar-refractivity contribution in [3.63, 3.8) is 0 Å². The van der Waals surface area contributed by atoms with Gasteiger partial charge in [0.1, 0.15) is 11.5 Å². The molecular weight excluding hydrogens is 268 g/mol. The topological polar surface area (TPSA) is 73.0 Å². The second kappa shape index (κ2) is 4.58. The van der Waals surface area contributed by atoms with E-state index in [0.29, 0.717) is 5.69 Å². The second-order valence-corrected chi connectivity index (χ2v) is 6.26. The van der Waals surface area contributed by atoms with E-state index < -0.39 is 0 Å². The van der Waals surface area contributed by atoms with Crippen LogP contribution in [0.15, 0.2) is 24.3 Å². The molecule has 2 heterocycles. The fraction of sp³-hybridized carbons (Fsp3) is 0.400. The first kappa shape index (κ1) is 13.6. The molecule has 0 unspecified atom stereocenters. The van der Waals surface area contributed by atoms with E-state index in [4.69, 9.17) is 0 Å². The molecular formula is C15H18N4O2. The van der Waals surface area contributed by atoms with Crippen LogP contribution in [-0.4, -0.2) is 21.2 Å². The van der Waals surface area contributed by atoms with Gasteiger partial charge in [0.05, 0.1) is 10.6 Å². The van der Waals surface area contributed by atoms with Crippen molar-refractivity contribution in [3.05, 3.63) is 45.6 Å². The van der Waals surface area contributed by atoms with Gasteiger partial charge in [-0.1, -0.05) is 32.9 Å². The SMILES string of the molecule is CC(C)(C)c1nn(-c2ccccc2[N+](=O)[O-])c2c1CCN2. The number of benzene rings is 1. The Morgan fingerprint density at radius 1 is 1.33 bits per heavy atom. The Morgan fingerprint density at radius 2 is 2.05 bits per heavy atom. The number of rotatable bonds is 2. The minimum Gasteiger partial charge on any atom is -0.369 e. The molecule has 1 N–H and O–H groups in total. The monoisotopic (exact) mass is 286 g/mol. The highest BCUT2D eigenvalue weighted by atomic mass is 16.6. The molecule has 2 aromatic rings. The van der Waals surface area contributed by atoms with E-state index in [9.17, 15) is 10.1 Å². The van der Waals surface area contributed by atoms with Gasteiger partial charge in [-0.25, -0.2) is 4.68 Å². The molecule has 1 aromatic heterocycles. The van der Waals surface area contributed by atoms with Crippen LogP contribution in [0, 0.1) is 10.1 Å². The lowest BCUT2D eigenvalue weighted by Gasteiger charge is -2.16. The fourth-order valence-corrected chi connectivity index (χ4v) is 2.75. The first-order valence-electron chi connectivity index (χ1n) is 6.99. The summed E-state index contributed by atoms with van der Waals surface area (Å²) >= 11 is 0. The lowest BCUT2D eigenvalue weighted by molar-refractivity contribution is -0.384. The first-order chi connectivity index (χ1) is 9.89. The summed E-state index contributed by atoms with van der Waals surface area (Å²) in [5.74, 6) is 0.884. The highest BCUT2D eigenvalue weighted by Gasteiger charge is 2.31. The number of fused-ring (bicyclic) bond motifs is 1. The number of nitrogens with one attached hydrogen (secondary N) is 1. The van der Waals surface area contributed by atoms with Crippen LogP contribution in [0.2, 0.25) is 0 Å². The quantitative estimate of drug-likeness (QED) is 0.680. The van der Waals surface area contributed by atoms with E-state index in [1.165, 1.54) is 11.6 Å². The molecule has 0 fully saturated rings. The molecule has 0 atom stereocenters. The van der Waals surface area contributed by atoms with E-state index in [-0.39, 0.29) is 16.0 Å². The van der Waals surface area contributed by atoms with Gasteiger partial charge in [0.15, 0.2) is 0 Å². The zero-order chi connectivity index (χ0) is 15.2. The Bertz CT molecular complexity index is 713. The average Bonchev–Trinajstić information content (AvgIpc) is 2.98. The van der Waals surface area contributed by atoms with E-state index >= 15 is 0 Å². The van der Waals surface area contributed by atoms with Crippen molar-refractivity contribution in [2.75, 3.05) is 11.9 Å². The number of nitrogens with zero attached hydrogens (tertiary/aromatic N) is 3. The molecule has 110 valence electrons. The van der Waals surface area contributed by atoms with Crippen LogP contribution >= 0.6 is 0 Å². The molecule has 0 saturated heterocycles. The van der Waals surface area contributed by atoms with Crippen molar-refractivity contribution >= 4 is 11.5 Å². The van der Waals surface area contributed by atoms with Gasteiger partial charge in [0.2, 0.25) is 0 Å². The van der Waals surface area contributed by atoms with Crippen molar-refractivity contribution in [3.8, 4) is 5.69 Å². The number of para-hydroxylation sites is 2. The normalized spacial score (nSPS) is 13.9. The highest BCUT2D eigenvalue weighted by Crippen LogP contribution is 2.36. The molecule has 6 nitrogen and oxygen atoms in total. The summed E-state index contributed by atoms with van der Waals surface area (Å²) in [5, 5.41) is 19.2. The van der Waals surface area contributed by atoms with Crippen LogP contribution in [0.5, 0.6) is 0 Å². The maximum atomic E-state index is 11.2. The lowest BCUT2D eigenvalue weighted by atomic mass is 9.89. The Balaban J connectivity index is 2.24. The molecule has 3 rings (SSSR count). The maximum absolute atomic E-state index is 11.2. The molecule has 1 aromatic carbocycles. The predicted octanol–water partition coefficient (Wildman–Crippen LogP) is 3.05. The number of nitro benzene ring substituents is 1. The predicted molar refractivity (Wildman–Crippen MR) is 81.1 cm³/mol. The van der Waals surface area contributed by atoms with Crippen molar-refractivity contribution in [1.29, 1.82) is 0 Å². The Kier molecular flexibility index (Phi) is 2.97. The number of anilines is 1. The molecule has 0 aliphatic carbocycles. The van der Waals surface area contributed by atoms with Gasteiger partial charge in [0.25, 0.3) is 5.69 Å². The number of hydrogen-bond donors (Lipinski definition) is 1. The third-order valence-electron chi connectivity index (χ3n) is 3.67. The second-order valence-electron chi connectivity index (χ2n) is 6.26. The van der Waals surface area contributed by atoms with Gasteiger partial charge >= 0.3 is 0 Å². The van der Waals surface area contributed by atoms with Gasteiger partial charge in [-0.3, -0.25) is 10.1 Å². The van der Waals surface area contributed by atoms with Crippen LogP contribution < -0.4 is 5.32 Å². The van der Waals surface area contributed by atoms with Crippen molar-refractivity contribution in [2.24, 2.45) is 0 Å². The third-order valence-corrected chi connectivity index (χ3v) is 3.67. The van der Waals surface area contributed by atoms with Crippen LogP contribution in [0.4, 0.5) is 11.5 Å². The first-order valence-corrected chi connectivity index (χ1v) is 6.99. The van der Waals surface area contributed by atoms with Gasteiger partial charge in [-0.15, -0.1) is 0 Å². The van der Waals surface area contributed by atoms with E-state index in [1.807, 2.05) is 0 Å². The zero-order valence-corrected chi connectivity index (χ0v) is 12.4. The van der Waals surface area contributed by atoms with E-state index in [1.54, 1.807) is 22.9 Å². The number of aromatic nitrogens is 2. The van der Waals surface area contributed by atoms with E-state index in [0.717, 1.165) is 24.5 Å². The lowest BCUT2D eigenvalue weighted by Crippen LogP contribution is -2.15. The summed E-state index contributed by atoms with van der Waals surface area (Å²) in [6, 6.07) is 6.71. The molecule has 21 heavy (non-hydrogen) atoms. The number of nitro groups is 1. The summed E-state index contributed by atoms with van der Waals surface area (Å²) in [4.78, 5) is 10.9. The minimum absolute atomic E-state index is 0.0666. The summed E-state index contributed by atoms with van der Waals surface area (Å²) in [5.41, 5.74) is 2.65. The molecule has 0 radical (unpaired) electrons. The van der Waals surface area contributed by atoms with Crippen LogP contribution in [0.3, 0.4) is 0 Å². The summed E-state index contributed by atoms with van der Waals surface area (Å²) < 4.78 is 1.68. The average molecular weight is 286 g/mol. The molecule has 0 bridgehead atoms. The highest BCUT2D eigenvalue weighted by molar-refractivity contribution is 5.62. The zero-order valence-electron chi connectivity index (χ0n) is 12.4. The van der Waals surface area contributed by atoms with Gasteiger partial charge < -0.3 is 5.32 Å². The van der Waals surface area contributed by atoms with Crippen LogP contribution in [0.1, 0.15) is 32.0 Å². The van der Waals surface area contributed by atoms with Gasteiger partial charge in [0, 0.05) is 23.6 Å². The van der Waals surface area contributed by atoms with Crippen molar-refractivity contribution < 1.29 is 4.92 Å². The van der Waals surface area contributed by atoms with Crippen LogP contribution in [-0.2, 0) is 11.8 Å². The summed E-state index contributed by atoms with van der Waals surface area (Å²) in [6.07, 6.45) is 0.905. The Labute approximate surface area is 122 Å². The Hall–Kier alpha value is -2.37. The van der Waals surface area contributed by atoms with Crippen LogP contribution in [0.25, 0.3) is 5.69 Å². The summed E-state index contributed by atoms with van der Waals surface area (Å²) in [6.45, 7) is 7.17. The number of hydrogen-bond acceptors (Lipinski definition) is 4. The smallest absolute Gasteiger partial charge is 0.294 e. The molecule has 6 heteroatoms. The van der Waals surface area contributed by atoms with Crippen molar-refractivity contribution in [1.82, 2.24) is 9.78 Å². The van der Waals surface area contributed by atoms with Crippen molar-refractivity contribution in [2.45, 2.75) is 32.6 Å². The maximum Gasteiger partial charge on any atom is 0.294 e. The molecule has 1 aliphatic heterocycles. The van der Waals surface area contributed by atoms with Gasteiger partial charge in [-0.2, -0.15) is 5.10 Å². The summed E-state index contributed by atoms with van der Waals surface area (Å²) in [7, 11) is 0. The molecule has 0 amide bonds. The largest absolute Gasteiger partial charge is 0.369 e. The minimum atomic E-state index is -0.366. The molecule has 1 aliphatic rings. The standard InChI is InChI=1S/C15H18N4O2/c1-15(2,3)13-10-8-9-16-14(10)18(17-13)11-6-4-5-7-12(11)19(20)21/h4-7,16H,8-9H2,1-3H3. The third kappa shape index (κ3) is 2.16. The van der Waals surface area contributed by atoms with E-state index in [2.05, 4.69) is 31.2 Å². The van der Waals surface area contributed by atoms with Gasteiger partial charge in [-0.05, 0) is 12.5 Å².